The fourth-order valence-electron chi connectivity index (χ4n) is 1.89. The molecule has 3 nitrogen and oxygen atoms in total. The quantitative estimate of drug-likeness (QED) is 0.545. The number of carbonyl (C=O) groups is 2. The summed E-state index contributed by atoms with van der Waals surface area (Å²) in [7, 11) is 0. The molecule has 62 valence electrons. The average molecular weight is 176 g/mol. The molecular formula is C7H10ClNO2. The van der Waals surface area contributed by atoms with E-state index in [1.165, 1.54) is 0 Å². The molecule has 1 aliphatic heterocycles. The van der Waals surface area contributed by atoms with Crippen molar-refractivity contribution in [1.82, 2.24) is 5.32 Å². The molecule has 11 heavy (non-hydrogen) atoms. The van der Waals surface area contributed by atoms with Crippen LogP contribution < -0.4 is 5.32 Å². The van der Waals surface area contributed by atoms with Crippen LogP contribution in [0.3, 0.4) is 0 Å². The number of fused-ring (bicyclic) bond motifs is 1. The normalized spacial score (nSPS) is 34.5. The van der Waals surface area contributed by atoms with E-state index in [1.54, 1.807) is 0 Å². The minimum atomic E-state index is -0.0486. The number of imide groups is 1. The van der Waals surface area contributed by atoms with E-state index in [-0.39, 0.29) is 36.1 Å². The molecule has 0 aromatic carbocycles. The lowest BCUT2D eigenvalue weighted by Crippen LogP contribution is -2.23. The van der Waals surface area contributed by atoms with Crippen molar-refractivity contribution in [3.63, 3.8) is 0 Å². The second kappa shape index (κ2) is 2.81. The van der Waals surface area contributed by atoms with Gasteiger partial charge in [0.05, 0.1) is 0 Å². The van der Waals surface area contributed by atoms with Gasteiger partial charge in [0.25, 0.3) is 0 Å². The minimum absolute atomic E-state index is 0. The van der Waals surface area contributed by atoms with E-state index in [9.17, 15) is 9.59 Å². The van der Waals surface area contributed by atoms with Crippen LogP contribution in [0.1, 0.15) is 19.3 Å². The molecule has 1 heterocycles. The highest BCUT2D eigenvalue weighted by Gasteiger charge is 2.44. The molecule has 2 aliphatic rings. The van der Waals surface area contributed by atoms with Crippen molar-refractivity contribution in [3.8, 4) is 0 Å². The lowest BCUT2D eigenvalue weighted by Gasteiger charge is -1.98. The Morgan fingerprint density at radius 1 is 1.09 bits per heavy atom. The summed E-state index contributed by atoms with van der Waals surface area (Å²) in [5, 5.41) is 2.34. The van der Waals surface area contributed by atoms with E-state index in [0.29, 0.717) is 0 Å². The monoisotopic (exact) mass is 175 g/mol. The van der Waals surface area contributed by atoms with E-state index < -0.39 is 0 Å². The number of amides is 2. The lowest BCUT2D eigenvalue weighted by molar-refractivity contribution is -0.126. The minimum Gasteiger partial charge on any atom is -0.296 e. The molecule has 0 radical (unpaired) electrons. The molecule has 0 spiro atoms. The fraction of sp³-hybridized carbons (Fsp3) is 0.714. The maximum atomic E-state index is 10.9. The van der Waals surface area contributed by atoms with Gasteiger partial charge in [-0.05, 0) is 12.8 Å². The molecule has 2 fully saturated rings. The summed E-state index contributed by atoms with van der Waals surface area (Å²) in [5.74, 6) is -0.0556. The van der Waals surface area contributed by atoms with E-state index in [0.717, 1.165) is 19.3 Å². The van der Waals surface area contributed by atoms with Gasteiger partial charge < -0.3 is 0 Å². The first kappa shape index (κ1) is 8.53. The molecule has 2 atom stereocenters. The summed E-state index contributed by atoms with van der Waals surface area (Å²) in [6.07, 6.45) is 2.85. The standard InChI is InChI=1S/C7H9NO2.ClH/c9-6-4-2-1-3-5(4)7(10)8-6;/h4-5H,1-3H2,(H,8,9,10);1H. The summed E-state index contributed by atoms with van der Waals surface area (Å²) in [5.41, 5.74) is 0. The van der Waals surface area contributed by atoms with Crippen molar-refractivity contribution in [2.24, 2.45) is 11.8 Å². The zero-order chi connectivity index (χ0) is 7.14. The van der Waals surface area contributed by atoms with Crippen LogP contribution in [0.2, 0.25) is 0 Å². The van der Waals surface area contributed by atoms with Crippen molar-refractivity contribution in [2.45, 2.75) is 19.3 Å². The highest BCUT2D eigenvalue weighted by Crippen LogP contribution is 2.35. The van der Waals surface area contributed by atoms with Crippen molar-refractivity contribution >= 4 is 24.2 Å². The molecule has 2 amide bonds. The highest BCUT2D eigenvalue weighted by molar-refractivity contribution is 6.05. The predicted octanol–water partition coefficient (Wildman–Crippen LogP) is 0.481. The van der Waals surface area contributed by atoms with Crippen molar-refractivity contribution < 1.29 is 9.59 Å². The first-order valence-corrected chi connectivity index (χ1v) is 3.64. The van der Waals surface area contributed by atoms with Crippen LogP contribution >= 0.6 is 12.4 Å². The number of hydrogen-bond acceptors (Lipinski definition) is 2. The number of rotatable bonds is 0. The Kier molecular flexibility index (Phi) is 2.18. The van der Waals surface area contributed by atoms with Crippen LogP contribution in [-0.2, 0) is 9.59 Å². The van der Waals surface area contributed by atoms with E-state index in [4.69, 9.17) is 0 Å². The summed E-state index contributed by atoms with van der Waals surface area (Å²) >= 11 is 0. The summed E-state index contributed by atoms with van der Waals surface area (Å²) in [6, 6.07) is 0. The van der Waals surface area contributed by atoms with E-state index >= 15 is 0 Å². The Morgan fingerprint density at radius 2 is 1.55 bits per heavy atom. The SMILES string of the molecule is Cl.O=C1NC(=O)C2CCCC12. The van der Waals surface area contributed by atoms with Gasteiger partial charge in [0.1, 0.15) is 0 Å². The third-order valence-corrected chi connectivity index (χ3v) is 2.44. The third kappa shape index (κ3) is 1.13. The van der Waals surface area contributed by atoms with Crippen LogP contribution in [0.4, 0.5) is 0 Å². The Hall–Kier alpha value is -0.570. The van der Waals surface area contributed by atoms with Gasteiger partial charge in [0, 0.05) is 11.8 Å². The lowest BCUT2D eigenvalue weighted by atomic mass is 10.00. The van der Waals surface area contributed by atoms with Crippen LogP contribution in [0.15, 0.2) is 0 Å². The molecule has 1 saturated carbocycles. The zero-order valence-electron chi connectivity index (χ0n) is 6.00. The number of carbonyl (C=O) groups excluding carboxylic acids is 2. The molecule has 0 aromatic heterocycles. The Labute approximate surface area is 70.9 Å². The maximum absolute atomic E-state index is 10.9. The highest BCUT2D eigenvalue weighted by atomic mass is 35.5. The first-order valence-electron chi connectivity index (χ1n) is 3.64. The van der Waals surface area contributed by atoms with E-state index in [2.05, 4.69) is 5.32 Å². The number of hydrogen-bond donors (Lipinski definition) is 1. The third-order valence-electron chi connectivity index (χ3n) is 2.44. The molecule has 4 heteroatoms. The van der Waals surface area contributed by atoms with Crippen LogP contribution in [0, 0.1) is 11.8 Å². The zero-order valence-corrected chi connectivity index (χ0v) is 6.82. The summed E-state index contributed by atoms with van der Waals surface area (Å²) < 4.78 is 0. The van der Waals surface area contributed by atoms with Gasteiger partial charge in [-0.3, -0.25) is 14.9 Å². The van der Waals surface area contributed by atoms with Gasteiger partial charge in [-0.1, -0.05) is 6.42 Å². The average Bonchev–Trinajstić information content (AvgIpc) is 2.39. The van der Waals surface area contributed by atoms with Gasteiger partial charge >= 0.3 is 0 Å². The Balaban J connectivity index is 0.000000605. The molecule has 1 aliphatic carbocycles. The second-order valence-electron chi connectivity index (χ2n) is 3.00. The fourth-order valence-corrected chi connectivity index (χ4v) is 1.89. The number of nitrogens with one attached hydrogen (secondary N) is 1. The van der Waals surface area contributed by atoms with Crippen LogP contribution in [-0.4, -0.2) is 11.8 Å². The van der Waals surface area contributed by atoms with E-state index in [1.807, 2.05) is 0 Å². The largest absolute Gasteiger partial charge is 0.296 e. The molecule has 1 N–H and O–H groups in total. The summed E-state index contributed by atoms with van der Waals surface area (Å²) in [4.78, 5) is 21.9. The van der Waals surface area contributed by atoms with Gasteiger partial charge in [-0.2, -0.15) is 0 Å². The molecule has 0 bridgehead atoms. The Morgan fingerprint density at radius 3 is 2.00 bits per heavy atom. The van der Waals surface area contributed by atoms with Gasteiger partial charge in [-0.25, -0.2) is 0 Å². The molecule has 2 unspecified atom stereocenters. The van der Waals surface area contributed by atoms with Gasteiger partial charge in [-0.15, -0.1) is 12.4 Å². The molecular weight excluding hydrogens is 166 g/mol. The van der Waals surface area contributed by atoms with Crippen molar-refractivity contribution in [3.05, 3.63) is 0 Å². The van der Waals surface area contributed by atoms with Gasteiger partial charge in [0.2, 0.25) is 11.8 Å². The van der Waals surface area contributed by atoms with Crippen molar-refractivity contribution in [1.29, 1.82) is 0 Å². The number of halogens is 1. The second-order valence-corrected chi connectivity index (χ2v) is 3.00. The van der Waals surface area contributed by atoms with Crippen LogP contribution in [0.5, 0.6) is 0 Å². The smallest absolute Gasteiger partial charge is 0.230 e. The Bertz CT molecular complexity index is 185. The maximum Gasteiger partial charge on any atom is 0.230 e. The molecule has 1 saturated heterocycles. The molecule has 0 aromatic rings. The topological polar surface area (TPSA) is 46.2 Å². The first-order chi connectivity index (χ1) is 4.79. The molecule has 2 rings (SSSR count). The van der Waals surface area contributed by atoms with Crippen LogP contribution in [0.25, 0.3) is 0 Å². The van der Waals surface area contributed by atoms with Gasteiger partial charge in [0.15, 0.2) is 0 Å². The van der Waals surface area contributed by atoms with Crippen molar-refractivity contribution in [2.75, 3.05) is 0 Å². The predicted molar refractivity (Wildman–Crippen MR) is 41.2 cm³/mol. The summed E-state index contributed by atoms with van der Waals surface area (Å²) in [6.45, 7) is 0.